The highest BCUT2D eigenvalue weighted by atomic mass is 35.5. The molecule has 1 amide bonds. The second kappa shape index (κ2) is 6.50. The van der Waals surface area contributed by atoms with Gasteiger partial charge in [-0.05, 0) is 24.3 Å². The number of pyridine rings is 2. The summed E-state index contributed by atoms with van der Waals surface area (Å²) in [6.45, 7) is 0.493. The molecule has 0 unspecified atom stereocenters. The zero-order valence-electron chi connectivity index (χ0n) is 9.94. The molecule has 0 aliphatic heterocycles. The smallest absolute Gasteiger partial charge is 0.251 e. The summed E-state index contributed by atoms with van der Waals surface area (Å²) in [5.41, 5.74) is 1.32. The summed E-state index contributed by atoms with van der Waals surface area (Å²) in [4.78, 5) is 19.8. The van der Waals surface area contributed by atoms with E-state index in [1.165, 1.54) is 12.1 Å². The van der Waals surface area contributed by atoms with Gasteiger partial charge in [0.25, 0.3) is 5.91 Å². The molecule has 0 bridgehead atoms. The van der Waals surface area contributed by atoms with Gasteiger partial charge in [-0.25, -0.2) is 4.98 Å². The van der Waals surface area contributed by atoms with Crippen molar-refractivity contribution < 1.29 is 4.79 Å². The largest absolute Gasteiger partial charge is 0.352 e. The van der Waals surface area contributed by atoms with Gasteiger partial charge < -0.3 is 5.32 Å². The van der Waals surface area contributed by atoms with E-state index in [4.69, 9.17) is 23.2 Å². The normalized spacial score (nSPS) is 10.2. The summed E-state index contributed by atoms with van der Waals surface area (Å²) in [5, 5.41) is 3.17. The maximum absolute atomic E-state index is 11.9. The summed E-state index contributed by atoms with van der Waals surface area (Å²) in [5.74, 6) is -0.234. The van der Waals surface area contributed by atoms with Crippen LogP contribution in [0.2, 0.25) is 10.3 Å². The van der Waals surface area contributed by atoms with Crippen LogP contribution in [0.1, 0.15) is 16.1 Å². The zero-order valence-corrected chi connectivity index (χ0v) is 11.4. The Hall–Kier alpha value is -1.65. The summed E-state index contributed by atoms with van der Waals surface area (Å²) in [6.07, 6.45) is 2.39. The molecule has 2 aromatic heterocycles. The first-order valence-corrected chi connectivity index (χ1v) is 6.42. The van der Waals surface area contributed by atoms with Crippen molar-refractivity contribution in [1.82, 2.24) is 15.3 Å². The molecule has 0 fully saturated rings. The molecule has 0 aliphatic carbocycles. The fourth-order valence-electron chi connectivity index (χ4n) is 1.55. The van der Waals surface area contributed by atoms with E-state index in [-0.39, 0.29) is 16.2 Å². The fraction of sp³-hybridized carbons (Fsp3) is 0.154. The molecule has 0 aromatic carbocycles. The van der Waals surface area contributed by atoms with Crippen LogP contribution in [-0.2, 0) is 6.42 Å². The molecular weight excluding hydrogens is 285 g/mol. The molecule has 0 atom stereocenters. The van der Waals surface area contributed by atoms with E-state index in [0.29, 0.717) is 18.5 Å². The number of hydrogen-bond acceptors (Lipinski definition) is 3. The van der Waals surface area contributed by atoms with Crippen LogP contribution >= 0.6 is 23.2 Å². The molecule has 19 heavy (non-hydrogen) atoms. The fourth-order valence-corrected chi connectivity index (χ4v) is 2.01. The Morgan fingerprint density at radius 3 is 2.58 bits per heavy atom. The van der Waals surface area contributed by atoms with E-state index >= 15 is 0 Å². The zero-order chi connectivity index (χ0) is 13.7. The third-order valence-electron chi connectivity index (χ3n) is 2.42. The van der Waals surface area contributed by atoms with Crippen LogP contribution < -0.4 is 5.32 Å². The van der Waals surface area contributed by atoms with Crippen LogP contribution in [-0.4, -0.2) is 22.4 Å². The highest BCUT2D eigenvalue weighted by Crippen LogP contribution is 2.14. The number of nitrogens with one attached hydrogen (secondary N) is 1. The van der Waals surface area contributed by atoms with Gasteiger partial charge in [0, 0.05) is 30.4 Å². The number of carbonyl (C=O) groups excluding carboxylic acids is 1. The molecule has 2 heterocycles. The molecule has 4 nitrogen and oxygen atoms in total. The van der Waals surface area contributed by atoms with Crippen molar-refractivity contribution in [2.45, 2.75) is 6.42 Å². The number of carbonyl (C=O) groups is 1. The first-order valence-electron chi connectivity index (χ1n) is 5.66. The minimum atomic E-state index is -0.234. The lowest BCUT2D eigenvalue weighted by molar-refractivity contribution is 0.0954. The van der Waals surface area contributed by atoms with Gasteiger partial charge >= 0.3 is 0 Å². The van der Waals surface area contributed by atoms with Crippen molar-refractivity contribution in [2.24, 2.45) is 0 Å². The van der Waals surface area contributed by atoms with Gasteiger partial charge in [-0.2, -0.15) is 0 Å². The number of nitrogens with zero attached hydrogens (tertiary/aromatic N) is 2. The van der Waals surface area contributed by atoms with Crippen LogP contribution in [0, 0.1) is 0 Å². The number of hydrogen-bond donors (Lipinski definition) is 1. The molecule has 2 aromatic rings. The van der Waals surface area contributed by atoms with Gasteiger partial charge in [-0.15, -0.1) is 0 Å². The topological polar surface area (TPSA) is 54.9 Å². The molecule has 0 radical (unpaired) electrons. The number of aromatic nitrogens is 2. The summed E-state index contributed by atoms with van der Waals surface area (Å²) >= 11 is 11.5. The van der Waals surface area contributed by atoms with E-state index < -0.39 is 0 Å². The second-order valence-corrected chi connectivity index (χ2v) is 4.60. The van der Waals surface area contributed by atoms with E-state index in [0.717, 1.165) is 5.69 Å². The third-order valence-corrected chi connectivity index (χ3v) is 2.81. The Labute approximate surface area is 120 Å². The predicted molar refractivity (Wildman–Crippen MR) is 74.5 cm³/mol. The molecule has 0 saturated carbocycles. The van der Waals surface area contributed by atoms with Crippen molar-refractivity contribution >= 4 is 29.1 Å². The third kappa shape index (κ3) is 4.19. The van der Waals surface area contributed by atoms with E-state index in [1.54, 1.807) is 6.20 Å². The lowest BCUT2D eigenvalue weighted by atomic mass is 10.2. The lowest BCUT2D eigenvalue weighted by Crippen LogP contribution is -2.26. The van der Waals surface area contributed by atoms with Crippen molar-refractivity contribution in [3.63, 3.8) is 0 Å². The summed E-state index contributed by atoms with van der Waals surface area (Å²) < 4.78 is 0. The van der Waals surface area contributed by atoms with Crippen LogP contribution in [0.5, 0.6) is 0 Å². The van der Waals surface area contributed by atoms with E-state index in [9.17, 15) is 4.79 Å². The minimum absolute atomic E-state index is 0.197. The standard InChI is InChI=1S/C13H11Cl2N3O/c14-11-7-9(8-12(15)18-11)13(19)17-6-4-10-3-1-2-5-16-10/h1-3,5,7-8H,4,6H2,(H,17,19). The Bertz CT molecular complexity index is 555. The van der Waals surface area contributed by atoms with Gasteiger partial charge in [0.1, 0.15) is 10.3 Å². The Morgan fingerprint density at radius 1 is 1.21 bits per heavy atom. The van der Waals surface area contributed by atoms with Crippen molar-refractivity contribution in [3.8, 4) is 0 Å². The van der Waals surface area contributed by atoms with Crippen LogP contribution in [0.4, 0.5) is 0 Å². The molecule has 0 saturated heterocycles. The Morgan fingerprint density at radius 2 is 1.95 bits per heavy atom. The molecule has 98 valence electrons. The second-order valence-electron chi connectivity index (χ2n) is 3.83. The molecule has 0 aliphatic rings. The van der Waals surface area contributed by atoms with Gasteiger partial charge in [0.15, 0.2) is 0 Å². The monoisotopic (exact) mass is 295 g/mol. The van der Waals surface area contributed by atoms with Gasteiger partial charge in [-0.1, -0.05) is 29.3 Å². The molecular formula is C13H11Cl2N3O. The maximum atomic E-state index is 11.9. The average molecular weight is 296 g/mol. The first kappa shape index (κ1) is 13.8. The quantitative estimate of drug-likeness (QED) is 0.883. The molecule has 1 N–H and O–H groups in total. The van der Waals surface area contributed by atoms with Crippen molar-refractivity contribution in [3.05, 3.63) is 58.1 Å². The van der Waals surface area contributed by atoms with E-state index in [1.807, 2.05) is 18.2 Å². The van der Waals surface area contributed by atoms with Crippen LogP contribution in [0.15, 0.2) is 36.5 Å². The number of halogens is 2. The molecule has 6 heteroatoms. The van der Waals surface area contributed by atoms with Gasteiger partial charge in [0.05, 0.1) is 0 Å². The van der Waals surface area contributed by atoms with Crippen molar-refractivity contribution in [2.75, 3.05) is 6.54 Å². The predicted octanol–water partition coefficient (Wildman–Crippen LogP) is 2.76. The minimum Gasteiger partial charge on any atom is -0.352 e. The van der Waals surface area contributed by atoms with Crippen LogP contribution in [0.3, 0.4) is 0 Å². The highest BCUT2D eigenvalue weighted by molar-refractivity contribution is 6.33. The SMILES string of the molecule is O=C(NCCc1ccccn1)c1cc(Cl)nc(Cl)c1. The molecule has 0 spiro atoms. The lowest BCUT2D eigenvalue weighted by Gasteiger charge is -2.05. The first-order chi connectivity index (χ1) is 9.15. The summed E-state index contributed by atoms with van der Waals surface area (Å²) in [6, 6.07) is 8.62. The summed E-state index contributed by atoms with van der Waals surface area (Å²) in [7, 11) is 0. The average Bonchev–Trinajstić information content (AvgIpc) is 2.38. The Kier molecular flexibility index (Phi) is 4.71. The van der Waals surface area contributed by atoms with E-state index in [2.05, 4.69) is 15.3 Å². The number of rotatable bonds is 4. The number of amides is 1. The van der Waals surface area contributed by atoms with Crippen molar-refractivity contribution in [1.29, 1.82) is 0 Å². The molecule has 2 rings (SSSR count). The maximum Gasteiger partial charge on any atom is 0.251 e. The van der Waals surface area contributed by atoms with Crippen LogP contribution in [0.25, 0.3) is 0 Å². The van der Waals surface area contributed by atoms with Gasteiger partial charge in [-0.3, -0.25) is 9.78 Å². The highest BCUT2D eigenvalue weighted by Gasteiger charge is 2.08. The Balaban J connectivity index is 1.91. The van der Waals surface area contributed by atoms with Gasteiger partial charge in [0.2, 0.25) is 0 Å².